The van der Waals surface area contributed by atoms with Crippen molar-refractivity contribution in [2.75, 3.05) is 6.61 Å². The van der Waals surface area contributed by atoms with Gasteiger partial charge in [0, 0.05) is 5.02 Å². The predicted molar refractivity (Wildman–Crippen MR) is 119 cm³/mol. The number of rotatable bonds is 9. The first kappa shape index (κ1) is 21.4. The van der Waals surface area contributed by atoms with Crippen LogP contribution in [0.3, 0.4) is 0 Å². The second-order valence-electron chi connectivity index (χ2n) is 6.56. The van der Waals surface area contributed by atoms with Crippen LogP contribution in [-0.2, 0) is 17.8 Å². The Labute approximate surface area is 181 Å². The number of ether oxygens (including phenoxy) is 2. The molecule has 0 heterocycles. The fourth-order valence-electron chi connectivity index (χ4n) is 2.58. The highest BCUT2D eigenvalue weighted by molar-refractivity contribution is 6.30. The molecule has 0 aliphatic heterocycles. The van der Waals surface area contributed by atoms with Gasteiger partial charge in [-0.15, -0.1) is 0 Å². The summed E-state index contributed by atoms with van der Waals surface area (Å²) in [4.78, 5) is 11.8. The molecule has 0 saturated heterocycles. The summed E-state index contributed by atoms with van der Waals surface area (Å²) in [5.74, 6) is 1.07. The molecule has 3 aromatic carbocycles. The van der Waals surface area contributed by atoms with Gasteiger partial charge in [-0.2, -0.15) is 5.10 Å². The van der Waals surface area contributed by atoms with Crippen molar-refractivity contribution < 1.29 is 14.3 Å². The average molecular weight is 423 g/mol. The smallest absolute Gasteiger partial charge is 0.277 e. The largest absolute Gasteiger partial charge is 0.489 e. The van der Waals surface area contributed by atoms with Crippen molar-refractivity contribution in [3.05, 3.63) is 94.5 Å². The van der Waals surface area contributed by atoms with Crippen LogP contribution < -0.4 is 14.9 Å². The second kappa shape index (κ2) is 11.0. The van der Waals surface area contributed by atoms with Crippen LogP contribution in [0, 0.1) is 0 Å². The fourth-order valence-corrected chi connectivity index (χ4v) is 2.70. The molecule has 5 nitrogen and oxygen atoms in total. The van der Waals surface area contributed by atoms with Gasteiger partial charge in [0.25, 0.3) is 5.91 Å². The van der Waals surface area contributed by atoms with Crippen molar-refractivity contribution in [2.45, 2.75) is 20.0 Å². The molecular weight excluding hydrogens is 400 g/mol. The minimum absolute atomic E-state index is 0.0969. The number of aryl methyl sites for hydroxylation is 1. The van der Waals surface area contributed by atoms with Gasteiger partial charge >= 0.3 is 0 Å². The minimum Gasteiger partial charge on any atom is -0.489 e. The normalized spacial score (nSPS) is 10.7. The summed E-state index contributed by atoms with van der Waals surface area (Å²) in [6, 6.07) is 22.6. The topological polar surface area (TPSA) is 59.9 Å². The molecule has 0 atom stereocenters. The molecule has 30 heavy (non-hydrogen) atoms. The van der Waals surface area contributed by atoms with Gasteiger partial charge in [-0.1, -0.05) is 42.8 Å². The van der Waals surface area contributed by atoms with Gasteiger partial charge in [0.2, 0.25) is 0 Å². The van der Waals surface area contributed by atoms with E-state index in [1.807, 2.05) is 72.8 Å². The molecule has 0 aromatic heterocycles. The first-order valence-corrected chi connectivity index (χ1v) is 10.0. The van der Waals surface area contributed by atoms with Crippen LogP contribution in [0.4, 0.5) is 0 Å². The predicted octanol–water partition coefficient (Wildman–Crippen LogP) is 5.01. The fraction of sp³-hybridized carbons (Fsp3) is 0.167. The van der Waals surface area contributed by atoms with E-state index in [0.717, 1.165) is 23.3 Å². The van der Waals surface area contributed by atoms with Crippen LogP contribution >= 0.6 is 11.6 Å². The number of halogens is 1. The average Bonchev–Trinajstić information content (AvgIpc) is 2.78. The quantitative estimate of drug-likeness (QED) is 0.389. The molecule has 154 valence electrons. The zero-order chi connectivity index (χ0) is 21.2. The maximum Gasteiger partial charge on any atom is 0.277 e. The van der Waals surface area contributed by atoms with Gasteiger partial charge < -0.3 is 9.47 Å². The number of nitrogens with zero attached hydrogens (tertiary/aromatic N) is 1. The number of hydrogen-bond donors (Lipinski definition) is 1. The number of hydrogen-bond acceptors (Lipinski definition) is 4. The van der Waals surface area contributed by atoms with E-state index in [4.69, 9.17) is 21.1 Å². The number of nitrogens with one attached hydrogen (secondary N) is 1. The molecule has 0 saturated carbocycles. The van der Waals surface area contributed by atoms with E-state index in [1.165, 1.54) is 5.56 Å². The van der Waals surface area contributed by atoms with Gasteiger partial charge in [0.05, 0.1) is 6.21 Å². The Morgan fingerprint density at radius 3 is 2.17 bits per heavy atom. The first-order valence-electron chi connectivity index (χ1n) is 9.63. The van der Waals surface area contributed by atoms with Crippen LogP contribution in [0.25, 0.3) is 0 Å². The molecular formula is C24H23ClN2O3. The van der Waals surface area contributed by atoms with E-state index < -0.39 is 0 Å². The van der Waals surface area contributed by atoms with E-state index in [2.05, 4.69) is 17.5 Å². The number of benzene rings is 3. The van der Waals surface area contributed by atoms with Crippen molar-refractivity contribution in [2.24, 2.45) is 5.10 Å². The molecule has 0 unspecified atom stereocenters. The molecule has 0 fully saturated rings. The Morgan fingerprint density at radius 1 is 0.900 bits per heavy atom. The summed E-state index contributed by atoms with van der Waals surface area (Å²) in [7, 11) is 0. The summed E-state index contributed by atoms with van der Waals surface area (Å²) >= 11 is 5.88. The molecule has 0 aliphatic carbocycles. The summed E-state index contributed by atoms with van der Waals surface area (Å²) in [6.45, 7) is 2.45. The van der Waals surface area contributed by atoms with Gasteiger partial charge in [-0.25, -0.2) is 5.43 Å². The Bertz CT molecular complexity index is 969. The molecule has 1 N–H and O–H groups in total. The molecule has 3 aromatic rings. The summed E-state index contributed by atoms with van der Waals surface area (Å²) in [6.07, 6.45) is 2.53. The van der Waals surface area contributed by atoms with Crippen LogP contribution in [0.5, 0.6) is 11.5 Å². The van der Waals surface area contributed by atoms with Gasteiger partial charge in [-0.3, -0.25) is 4.79 Å². The van der Waals surface area contributed by atoms with Crippen molar-refractivity contribution >= 4 is 23.7 Å². The lowest BCUT2D eigenvalue weighted by atomic mass is 10.2. The Kier molecular flexibility index (Phi) is 7.86. The molecule has 0 radical (unpaired) electrons. The highest BCUT2D eigenvalue weighted by atomic mass is 35.5. The van der Waals surface area contributed by atoms with Crippen LogP contribution in [0.15, 0.2) is 77.9 Å². The summed E-state index contributed by atoms with van der Waals surface area (Å²) in [5.41, 5.74) is 5.55. The van der Waals surface area contributed by atoms with E-state index in [1.54, 1.807) is 6.21 Å². The number of carbonyl (C=O) groups is 1. The molecule has 0 spiro atoms. The third-order valence-corrected chi connectivity index (χ3v) is 4.56. The van der Waals surface area contributed by atoms with Crippen molar-refractivity contribution in [3.8, 4) is 11.5 Å². The molecule has 0 bridgehead atoms. The van der Waals surface area contributed by atoms with E-state index in [-0.39, 0.29) is 12.5 Å². The lowest BCUT2D eigenvalue weighted by Gasteiger charge is -2.07. The lowest BCUT2D eigenvalue weighted by molar-refractivity contribution is -0.123. The second-order valence-corrected chi connectivity index (χ2v) is 7.00. The Morgan fingerprint density at radius 2 is 1.50 bits per heavy atom. The van der Waals surface area contributed by atoms with Crippen molar-refractivity contribution in [1.29, 1.82) is 0 Å². The Hall–Kier alpha value is -3.31. The van der Waals surface area contributed by atoms with Crippen molar-refractivity contribution in [3.63, 3.8) is 0 Å². The molecule has 0 aliphatic rings. The Balaban J connectivity index is 1.40. The third-order valence-electron chi connectivity index (χ3n) is 4.30. The lowest BCUT2D eigenvalue weighted by Crippen LogP contribution is -2.24. The number of hydrazone groups is 1. The maximum absolute atomic E-state index is 11.8. The van der Waals surface area contributed by atoms with Gasteiger partial charge in [0.1, 0.15) is 18.1 Å². The van der Waals surface area contributed by atoms with Crippen LogP contribution in [0.1, 0.15) is 23.6 Å². The molecule has 6 heteroatoms. The van der Waals surface area contributed by atoms with Crippen molar-refractivity contribution in [1.82, 2.24) is 5.43 Å². The third kappa shape index (κ3) is 6.94. The summed E-state index contributed by atoms with van der Waals surface area (Å²) in [5, 5.41) is 4.66. The minimum atomic E-state index is -0.325. The van der Waals surface area contributed by atoms with Crippen LogP contribution in [0.2, 0.25) is 5.02 Å². The van der Waals surface area contributed by atoms with E-state index >= 15 is 0 Å². The number of carbonyl (C=O) groups excluding carboxylic acids is 1. The maximum atomic E-state index is 11.8. The molecule has 3 rings (SSSR count). The number of amides is 1. The zero-order valence-corrected chi connectivity index (χ0v) is 17.4. The van der Waals surface area contributed by atoms with Gasteiger partial charge in [0.15, 0.2) is 6.61 Å². The summed E-state index contributed by atoms with van der Waals surface area (Å²) < 4.78 is 11.2. The van der Waals surface area contributed by atoms with E-state index in [0.29, 0.717) is 17.4 Å². The van der Waals surface area contributed by atoms with Gasteiger partial charge in [-0.05, 0) is 71.6 Å². The van der Waals surface area contributed by atoms with E-state index in [9.17, 15) is 4.79 Å². The highest BCUT2D eigenvalue weighted by Gasteiger charge is 2.02. The standard InChI is InChI=1S/C24H23ClN2O3/c1-2-18-5-11-23(12-6-18)30-17-24(28)27-26-15-19-7-13-22(14-8-19)29-16-20-3-9-21(25)10-4-20/h3-15H,2,16-17H2,1H3,(H,27,28). The molecule has 1 amide bonds. The highest BCUT2D eigenvalue weighted by Crippen LogP contribution is 2.15. The monoisotopic (exact) mass is 422 g/mol. The first-order chi connectivity index (χ1) is 14.6. The van der Waals surface area contributed by atoms with Crippen LogP contribution in [-0.4, -0.2) is 18.7 Å². The SMILES string of the molecule is CCc1ccc(OCC(=O)NN=Cc2ccc(OCc3ccc(Cl)cc3)cc2)cc1. The zero-order valence-electron chi connectivity index (χ0n) is 16.7.